The summed E-state index contributed by atoms with van der Waals surface area (Å²) in [7, 11) is -3.23. The van der Waals surface area contributed by atoms with Crippen molar-refractivity contribution in [3.8, 4) is 0 Å². The molecule has 0 fully saturated rings. The van der Waals surface area contributed by atoms with Crippen molar-refractivity contribution in [2.24, 2.45) is 0 Å². The first kappa shape index (κ1) is 18.3. The van der Waals surface area contributed by atoms with Crippen LogP contribution in [0.1, 0.15) is 19.4 Å². The Morgan fingerprint density at radius 3 is 2.38 bits per heavy atom. The van der Waals surface area contributed by atoms with Gasteiger partial charge in [0.25, 0.3) is 0 Å². The molecule has 1 atom stereocenters. The highest BCUT2D eigenvalue weighted by Gasteiger charge is 2.27. The molecule has 0 spiro atoms. The molecule has 0 heterocycles. The first-order valence-electron chi connectivity index (χ1n) is 7.04. The van der Waals surface area contributed by atoms with Gasteiger partial charge in [0.05, 0.1) is 32.1 Å². The number of hydrogen-bond donors (Lipinski definition) is 2. The van der Waals surface area contributed by atoms with E-state index in [2.05, 4.69) is 5.48 Å². The summed E-state index contributed by atoms with van der Waals surface area (Å²) in [5, 5.41) is 9.86. The Bertz CT molecular complexity index is 419. The highest BCUT2D eigenvalue weighted by Crippen LogP contribution is 2.48. The third-order valence-electron chi connectivity index (χ3n) is 2.59. The fraction of sp³-hybridized carbons (Fsp3) is 0.571. The van der Waals surface area contributed by atoms with Crippen LogP contribution in [-0.2, 0) is 25.1 Å². The molecule has 0 radical (unpaired) electrons. The van der Waals surface area contributed by atoms with E-state index in [4.69, 9.17) is 13.9 Å². The molecule has 1 rings (SSSR count). The summed E-state index contributed by atoms with van der Waals surface area (Å²) in [6.45, 7) is 4.57. The molecule has 1 aromatic rings. The molecule has 1 aromatic carbocycles. The summed E-state index contributed by atoms with van der Waals surface area (Å²) in [5.41, 5.74) is 3.68. The maximum Gasteiger partial charge on any atom is 0.333 e. The molecule has 0 amide bonds. The van der Waals surface area contributed by atoms with E-state index in [1.165, 1.54) is 0 Å². The second-order valence-electron chi connectivity index (χ2n) is 4.41. The molecule has 21 heavy (non-hydrogen) atoms. The molecule has 0 aliphatic carbocycles. The van der Waals surface area contributed by atoms with Gasteiger partial charge in [0.1, 0.15) is 0 Å². The predicted molar refractivity (Wildman–Crippen MR) is 81.0 cm³/mol. The number of rotatable bonds is 11. The quantitative estimate of drug-likeness (QED) is 0.370. The van der Waals surface area contributed by atoms with Crippen LogP contribution in [0.25, 0.3) is 0 Å². The molecular formula is C14H24NO5P. The predicted octanol–water partition coefficient (Wildman–Crippen LogP) is 2.33. The lowest BCUT2D eigenvalue weighted by molar-refractivity contribution is 0.00596. The zero-order valence-corrected chi connectivity index (χ0v) is 13.4. The zero-order valence-electron chi connectivity index (χ0n) is 12.5. The van der Waals surface area contributed by atoms with E-state index in [9.17, 15) is 9.67 Å². The summed E-state index contributed by atoms with van der Waals surface area (Å²) in [5.74, 6) is 0. The van der Waals surface area contributed by atoms with Gasteiger partial charge in [-0.2, -0.15) is 5.48 Å². The fourth-order valence-corrected chi connectivity index (χ4v) is 3.44. The summed E-state index contributed by atoms with van der Waals surface area (Å²) >= 11 is 0. The van der Waals surface area contributed by atoms with Crippen LogP contribution >= 0.6 is 7.60 Å². The van der Waals surface area contributed by atoms with Crippen molar-refractivity contribution < 1.29 is 23.6 Å². The molecule has 0 bridgehead atoms. The average molecular weight is 317 g/mol. The Morgan fingerprint density at radius 2 is 1.81 bits per heavy atom. The number of benzene rings is 1. The fourth-order valence-electron chi connectivity index (χ4n) is 1.72. The van der Waals surface area contributed by atoms with Crippen molar-refractivity contribution >= 4 is 7.60 Å². The van der Waals surface area contributed by atoms with Crippen molar-refractivity contribution in [1.29, 1.82) is 0 Å². The van der Waals surface area contributed by atoms with Crippen LogP contribution in [0.4, 0.5) is 0 Å². The summed E-state index contributed by atoms with van der Waals surface area (Å²) in [4.78, 5) is 5.24. The normalized spacial score (nSPS) is 13.3. The van der Waals surface area contributed by atoms with Crippen LogP contribution in [0.3, 0.4) is 0 Å². The molecule has 0 unspecified atom stereocenters. The molecule has 0 saturated heterocycles. The third kappa shape index (κ3) is 7.71. The van der Waals surface area contributed by atoms with Gasteiger partial charge < -0.3 is 14.2 Å². The molecule has 6 nitrogen and oxygen atoms in total. The van der Waals surface area contributed by atoms with E-state index >= 15 is 0 Å². The van der Waals surface area contributed by atoms with Crippen molar-refractivity contribution in [2.45, 2.75) is 26.6 Å². The van der Waals surface area contributed by atoms with Crippen LogP contribution in [-0.4, -0.2) is 37.1 Å². The van der Waals surface area contributed by atoms with Crippen molar-refractivity contribution in [3.05, 3.63) is 35.9 Å². The van der Waals surface area contributed by atoms with Crippen molar-refractivity contribution in [1.82, 2.24) is 5.48 Å². The summed E-state index contributed by atoms with van der Waals surface area (Å²) in [6, 6.07) is 9.66. The summed E-state index contributed by atoms with van der Waals surface area (Å²) in [6.07, 6.45) is -0.930. The van der Waals surface area contributed by atoms with Crippen molar-refractivity contribution in [3.63, 3.8) is 0 Å². The van der Waals surface area contributed by atoms with Gasteiger partial charge in [-0.3, -0.25) is 9.40 Å². The van der Waals surface area contributed by atoms with Gasteiger partial charge in [-0.1, -0.05) is 30.3 Å². The van der Waals surface area contributed by atoms with Crippen LogP contribution in [0, 0.1) is 0 Å². The number of hydroxylamine groups is 1. The second-order valence-corrected chi connectivity index (χ2v) is 6.51. The first-order valence-corrected chi connectivity index (χ1v) is 8.77. The van der Waals surface area contributed by atoms with Gasteiger partial charge >= 0.3 is 7.60 Å². The van der Waals surface area contributed by atoms with E-state index in [0.29, 0.717) is 6.61 Å². The van der Waals surface area contributed by atoms with Gasteiger partial charge in [0.15, 0.2) is 0 Å². The minimum Gasteiger partial charge on any atom is -0.391 e. The number of nitrogens with one attached hydrogen (secondary N) is 1. The van der Waals surface area contributed by atoms with E-state index < -0.39 is 13.7 Å². The SMILES string of the molecule is CCOP(=O)(C[C@H](O)CNOCc1ccccc1)OCC. The number of aliphatic hydroxyl groups is 1. The van der Waals surface area contributed by atoms with Crippen LogP contribution in [0.5, 0.6) is 0 Å². The lowest BCUT2D eigenvalue weighted by Crippen LogP contribution is -2.30. The highest BCUT2D eigenvalue weighted by molar-refractivity contribution is 7.53. The van der Waals surface area contributed by atoms with Gasteiger partial charge in [0.2, 0.25) is 0 Å². The maximum absolute atomic E-state index is 12.2. The number of hydrogen-bond acceptors (Lipinski definition) is 6. The monoisotopic (exact) mass is 317 g/mol. The molecule has 7 heteroatoms. The Kier molecular flexibility index (Phi) is 8.76. The highest BCUT2D eigenvalue weighted by atomic mass is 31.2. The second kappa shape index (κ2) is 10.1. The standard InChI is InChI=1S/C14H24NO5P/c1-3-19-21(17,20-4-2)12-14(16)10-15-18-11-13-8-6-5-7-9-13/h5-9,14-16H,3-4,10-12H2,1-2H3/t14-/m1/s1. The molecule has 0 aromatic heterocycles. The zero-order chi connectivity index (χ0) is 15.6. The van der Waals surface area contributed by atoms with E-state index in [-0.39, 0.29) is 25.9 Å². The molecule has 2 N–H and O–H groups in total. The van der Waals surface area contributed by atoms with E-state index in [0.717, 1.165) is 5.56 Å². The Labute approximate surface area is 125 Å². The number of aliphatic hydroxyl groups excluding tert-OH is 1. The lowest BCUT2D eigenvalue weighted by Gasteiger charge is -2.20. The van der Waals surface area contributed by atoms with Crippen LogP contribution in [0.15, 0.2) is 30.3 Å². The van der Waals surface area contributed by atoms with Crippen molar-refractivity contribution in [2.75, 3.05) is 25.9 Å². The third-order valence-corrected chi connectivity index (χ3v) is 4.76. The molecule has 120 valence electrons. The minimum atomic E-state index is -3.23. The van der Waals surface area contributed by atoms with E-state index in [1.807, 2.05) is 30.3 Å². The van der Waals surface area contributed by atoms with Gasteiger partial charge in [0, 0.05) is 6.54 Å². The minimum absolute atomic E-state index is 0.0591. The molecule has 0 aliphatic heterocycles. The van der Waals surface area contributed by atoms with Gasteiger partial charge in [-0.05, 0) is 19.4 Å². The Balaban J connectivity index is 2.26. The van der Waals surface area contributed by atoms with Crippen LogP contribution < -0.4 is 5.48 Å². The smallest absolute Gasteiger partial charge is 0.333 e. The Morgan fingerprint density at radius 1 is 1.19 bits per heavy atom. The van der Waals surface area contributed by atoms with Crippen LogP contribution in [0.2, 0.25) is 0 Å². The van der Waals surface area contributed by atoms with Gasteiger partial charge in [-0.15, -0.1) is 0 Å². The molecule has 0 aliphatic rings. The largest absolute Gasteiger partial charge is 0.391 e. The topological polar surface area (TPSA) is 77.0 Å². The Hall–Kier alpha value is -0.750. The maximum atomic E-state index is 12.2. The summed E-state index contributed by atoms with van der Waals surface area (Å²) < 4.78 is 22.4. The average Bonchev–Trinajstić information content (AvgIpc) is 2.45. The molecular weight excluding hydrogens is 293 g/mol. The van der Waals surface area contributed by atoms with E-state index in [1.54, 1.807) is 13.8 Å². The molecule has 0 saturated carbocycles. The first-order chi connectivity index (χ1) is 10.1. The van der Waals surface area contributed by atoms with Gasteiger partial charge in [-0.25, -0.2) is 0 Å². The lowest BCUT2D eigenvalue weighted by atomic mass is 10.2.